The molecule has 158 valence electrons. The Morgan fingerprint density at radius 1 is 0.966 bits per heavy atom. The Hall–Kier alpha value is -2.94. The van der Waals surface area contributed by atoms with Crippen molar-refractivity contribution < 1.29 is 27.4 Å². The first-order valence-electron chi connectivity index (χ1n) is 8.94. The van der Waals surface area contributed by atoms with E-state index in [0.29, 0.717) is 17.2 Å². The molecule has 0 fully saturated rings. The normalized spacial score (nSPS) is 12.0. The predicted molar refractivity (Wildman–Crippen MR) is 111 cm³/mol. The third-order valence-corrected chi connectivity index (χ3v) is 5.39. The van der Waals surface area contributed by atoms with Crippen molar-refractivity contribution in [3.05, 3.63) is 48.5 Å². The monoisotopic (exact) mass is 422 g/mol. The molecular weight excluding hydrogens is 396 g/mol. The van der Waals surface area contributed by atoms with E-state index in [-0.39, 0.29) is 13.2 Å². The molecule has 2 rings (SSSR count). The van der Waals surface area contributed by atoms with Gasteiger partial charge in [0.2, 0.25) is 15.9 Å². The van der Waals surface area contributed by atoms with Gasteiger partial charge in [-0.2, -0.15) is 0 Å². The second-order valence-corrected chi connectivity index (χ2v) is 8.11. The lowest BCUT2D eigenvalue weighted by Gasteiger charge is -2.28. The van der Waals surface area contributed by atoms with Gasteiger partial charge in [0.25, 0.3) is 0 Å². The number of carbonyl (C=O) groups is 1. The highest BCUT2D eigenvalue weighted by molar-refractivity contribution is 7.92. The van der Waals surface area contributed by atoms with E-state index in [0.717, 1.165) is 16.3 Å². The summed E-state index contributed by atoms with van der Waals surface area (Å²) in [5.41, 5.74) is 0.380. The van der Waals surface area contributed by atoms with Crippen LogP contribution in [0.1, 0.15) is 6.92 Å². The fourth-order valence-electron chi connectivity index (χ4n) is 2.70. The number of anilines is 1. The van der Waals surface area contributed by atoms with Gasteiger partial charge in [0.15, 0.2) is 0 Å². The van der Waals surface area contributed by atoms with E-state index in [4.69, 9.17) is 14.2 Å². The van der Waals surface area contributed by atoms with Crippen molar-refractivity contribution >= 4 is 21.6 Å². The van der Waals surface area contributed by atoms with E-state index in [1.165, 1.54) is 14.0 Å². The minimum absolute atomic E-state index is 0.232. The van der Waals surface area contributed by atoms with E-state index in [1.807, 2.05) is 0 Å². The molecule has 0 aliphatic rings. The summed E-state index contributed by atoms with van der Waals surface area (Å²) in [7, 11) is -0.571. The van der Waals surface area contributed by atoms with Crippen LogP contribution in [0.15, 0.2) is 48.5 Å². The maximum absolute atomic E-state index is 12.5. The molecule has 1 N–H and O–H groups in total. The van der Waals surface area contributed by atoms with Crippen LogP contribution in [0.4, 0.5) is 5.69 Å². The van der Waals surface area contributed by atoms with Crippen LogP contribution in [0.3, 0.4) is 0 Å². The van der Waals surface area contributed by atoms with E-state index in [2.05, 4.69) is 5.32 Å². The largest absolute Gasteiger partial charge is 0.497 e. The van der Waals surface area contributed by atoms with Crippen LogP contribution in [0, 0.1) is 0 Å². The number of rotatable bonds is 10. The van der Waals surface area contributed by atoms with Gasteiger partial charge in [-0.1, -0.05) is 0 Å². The van der Waals surface area contributed by atoms with E-state index >= 15 is 0 Å². The number of amides is 1. The Kier molecular flexibility index (Phi) is 7.72. The quantitative estimate of drug-likeness (QED) is 0.589. The lowest BCUT2D eigenvalue weighted by molar-refractivity contribution is -0.121. The highest BCUT2D eigenvalue weighted by atomic mass is 32.2. The summed E-state index contributed by atoms with van der Waals surface area (Å²) in [5, 5.41) is 2.70. The number of nitrogens with one attached hydrogen (secondary N) is 1. The maximum atomic E-state index is 12.5. The first-order valence-corrected chi connectivity index (χ1v) is 10.8. The zero-order valence-corrected chi connectivity index (χ0v) is 17.7. The molecule has 0 saturated carbocycles. The van der Waals surface area contributed by atoms with Crippen LogP contribution in [0.5, 0.6) is 17.2 Å². The standard InChI is InChI=1S/C20H26N2O6S/c1-15(22(29(4,24)25)16-5-7-17(26-2)8-6-16)20(23)21-13-14-28-19-11-9-18(27-3)10-12-19/h5-12,15H,13-14H2,1-4H3,(H,21,23). The molecule has 8 nitrogen and oxygen atoms in total. The van der Waals surface area contributed by atoms with Crippen molar-refractivity contribution in [3.63, 3.8) is 0 Å². The topological polar surface area (TPSA) is 94.2 Å². The zero-order chi connectivity index (χ0) is 21.4. The van der Waals surface area contributed by atoms with Crippen LogP contribution in [-0.2, 0) is 14.8 Å². The molecule has 1 atom stereocenters. The van der Waals surface area contributed by atoms with Crippen LogP contribution >= 0.6 is 0 Å². The van der Waals surface area contributed by atoms with Gasteiger partial charge in [-0.05, 0) is 55.5 Å². The Balaban J connectivity index is 1.95. The van der Waals surface area contributed by atoms with Crippen molar-refractivity contribution in [1.82, 2.24) is 5.32 Å². The second kappa shape index (κ2) is 10.0. The Morgan fingerprint density at radius 3 is 1.93 bits per heavy atom. The average molecular weight is 423 g/mol. The summed E-state index contributed by atoms with van der Waals surface area (Å²) in [6, 6.07) is 12.6. The summed E-state index contributed by atoms with van der Waals surface area (Å²) < 4.78 is 41.4. The van der Waals surface area contributed by atoms with Gasteiger partial charge >= 0.3 is 0 Å². The Morgan fingerprint density at radius 2 is 1.45 bits per heavy atom. The highest BCUT2D eigenvalue weighted by Crippen LogP contribution is 2.23. The highest BCUT2D eigenvalue weighted by Gasteiger charge is 2.28. The molecule has 0 saturated heterocycles. The number of ether oxygens (including phenoxy) is 3. The fraction of sp³-hybridized carbons (Fsp3) is 0.350. The van der Waals surface area contributed by atoms with Gasteiger partial charge in [0.05, 0.1) is 32.7 Å². The molecule has 2 aromatic rings. The Bertz CT molecular complexity index is 898. The number of carbonyl (C=O) groups excluding carboxylic acids is 1. The fourth-order valence-corrected chi connectivity index (χ4v) is 3.88. The van der Waals surface area contributed by atoms with E-state index < -0.39 is 22.0 Å². The number of sulfonamides is 1. The SMILES string of the molecule is COc1ccc(OCCNC(=O)C(C)N(c2ccc(OC)cc2)S(C)(=O)=O)cc1. The third kappa shape index (κ3) is 6.28. The molecule has 0 radical (unpaired) electrons. The first-order chi connectivity index (χ1) is 13.8. The summed E-state index contributed by atoms with van der Waals surface area (Å²) >= 11 is 0. The smallest absolute Gasteiger partial charge is 0.243 e. The summed E-state index contributed by atoms with van der Waals surface area (Å²) in [5.74, 6) is 1.53. The molecule has 1 unspecified atom stereocenters. The lowest BCUT2D eigenvalue weighted by Crippen LogP contribution is -2.48. The van der Waals surface area contributed by atoms with Crippen LogP contribution in [-0.4, -0.2) is 54.0 Å². The molecule has 0 heterocycles. The first kappa shape index (κ1) is 22.4. The van der Waals surface area contributed by atoms with Gasteiger partial charge in [-0.15, -0.1) is 0 Å². The van der Waals surface area contributed by atoms with Crippen molar-refractivity contribution in [1.29, 1.82) is 0 Å². The lowest BCUT2D eigenvalue weighted by atomic mass is 10.2. The van der Waals surface area contributed by atoms with E-state index in [1.54, 1.807) is 55.6 Å². The molecule has 29 heavy (non-hydrogen) atoms. The molecule has 0 aliphatic heterocycles. The number of hydrogen-bond acceptors (Lipinski definition) is 6. The van der Waals surface area contributed by atoms with Crippen molar-refractivity contribution in [2.24, 2.45) is 0 Å². The van der Waals surface area contributed by atoms with Crippen LogP contribution < -0.4 is 23.8 Å². The van der Waals surface area contributed by atoms with Crippen molar-refractivity contribution in [2.75, 3.05) is 37.9 Å². The third-order valence-electron chi connectivity index (χ3n) is 4.14. The summed E-state index contributed by atoms with van der Waals surface area (Å²) in [6.07, 6.45) is 1.06. The van der Waals surface area contributed by atoms with Gasteiger partial charge in [-0.25, -0.2) is 8.42 Å². The van der Waals surface area contributed by atoms with Gasteiger partial charge < -0.3 is 19.5 Å². The second-order valence-electron chi connectivity index (χ2n) is 6.25. The molecule has 2 aromatic carbocycles. The number of benzene rings is 2. The summed E-state index contributed by atoms with van der Waals surface area (Å²) in [4.78, 5) is 12.5. The maximum Gasteiger partial charge on any atom is 0.243 e. The molecule has 9 heteroatoms. The van der Waals surface area contributed by atoms with Crippen molar-refractivity contribution in [2.45, 2.75) is 13.0 Å². The molecule has 1 amide bonds. The summed E-state index contributed by atoms with van der Waals surface area (Å²) in [6.45, 7) is 2.01. The van der Waals surface area contributed by atoms with E-state index in [9.17, 15) is 13.2 Å². The van der Waals surface area contributed by atoms with Gasteiger partial charge in [0.1, 0.15) is 29.9 Å². The van der Waals surface area contributed by atoms with Gasteiger partial charge in [-0.3, -0.25) is 9.10 Å². The number of hydrogen-bond donors (Lipinski definition) is 1. The zero-order valence-electron chi connectivity index (χ0n) is 16.9. The minimum Gasteiger partial charge on any atom is -0.497 e. The van der Waals surface area contributed by atoms with Crippen molar-refractivity contribution in [3.8, 4) is 17.2 Å². The number of nitrogens with zero attached hydrogens (tertiary/aromatic N) is 1. The minimum atomic E-state index is -3.67. The molecular formula is C20H26N2O6S. The molecule has 0 aliphatic carbocycles. The molecule has 0 spiro atoms. The van der Waals surface area contributed by atoms with Crippen LogP contribution in [0.25, 0.3) is 0 Å². The van der Waals surface area contributed by atoms with Gasteiger partial charge in [0, 0.05) is 0 Å². The number of methoxy groups -OCH3 is 2. The predicted octanol–water partition coefficient (Wildman–Crippen LogP) is 2.05. The van der Waals surface area contributed by atoms with Crippen LogP contribution in [0.2, 0.25) is 0 Å². The average Bonchev–Trinajstić information content (AvgIpc) is 2.71. The Labute approximate surface area is 171 Å². The molecule has 0 bridgehead atoms. The molecule has 0 aromatic heterocycles.